The van der Waals surface area contributed by atoms with Crippen molar-refractivity contribution in [3.05, 3.63) is 0 Å². The van der Waals surface area contributed by atoms with Crippen molar-refractivity contribution in [2.45, 2.75) is 76.8 Å². The highest BCUT2D eigenvalue weighted by Crippen LogP contribution is 2.39. The van der Waals surface area contributed by atoms with Gasteiger partial charge in [0.05, 0.1) is 0 Å². The lowest BCUT2D eigenvalue weighted by Gasteiger charge is -2.52. The maximum absolute atomic E-state index is 6.10. The Morgan fingerprint density at radius 2 is 1.88 bits per heavy atom. The average molecular weight is 238 g/mol. The number of piperidine rings is 1. The molecule has 100 valence electrons. The van der Waals surface area contributed by atoms with Crippen molar-refractivity contribution in [1.82, 2.24) is 4.90 Å². The van der Waals surface area contributed by atoms with E-state index in [1.165, 1.54) is 57.9 Å². The molecule has 0 aromatic rings. The molecule has 1 aliphatic carbocycles. The summed E-state index contributed by atoms with van der Waals surface area (Å²) in [6.07, 6.45) is 11.1. The van der Waals surface area contributed by atoms with Crippen LogP contribution in [0.15, 0.2) is 0 Å². The first-order chi connectivity index (χ1) is 8.21. The van der Waals surface area contributed by atoms with Gasteiger partial charge in [0, 0.05) is 18.1 Å². The summed E-state index contributed by atoms with van der Waals surface area (Å²) < 4.78 is 0. The molecule has 2 aliphatic rings. The zero-order chi connectivity index (χ0) is 12.3. The summed E-state index contributed by atoms with van der Waals surface area (Å²) >= 11 is 0. The highest BCUT2D eigenvalue weighted by Gasteiger charge is 2.41. The average Bonchev–Trinajstić information content (AvgIpc) is 2.38. The number of likely N-dealkylation sites (tertiary alicyclic amines) is 1. The maximum atomic E-state index is 6.10. The maximum Gasteiger partial charge on any atom is 0.0306 e. The third-order valence-electron chi connectivity index (χ3n) is 5.16. The van der Waals surface area contributed by atoms with E-state index in [-0.39, 0.29) is 5.54 Å². The lowest BCUT2D eigenvalue weighted by atomic mass is 9.75. The van der Waals surface area contributed by atoms with Crippen LogP contribution < -0.4 is 5.73 Å². The van der Waals surface area contributed by atoms with E-state index in [0.717, 1.165) is 18.5 Å². The predicted octanol–water partition coefficient (Wildman–Crippen LogP) is 3.16. The SMILES string of the molecule is CCCC(C)(CN)N1CCC[C@H]2CCCC[C@H]21. The molecular formula is C15H30N2. The summed E-state index contributed by atoms with van der Waals surface area (Å²) in [5, 5.41) is 0. The van der Waals surface area contributed by atoms with Gasteiger partial charge in [0.2, 0.25) is 0 Å². The van der Waals surface area contributed by atoms with Gasteiger partial charge >= 0.3 is 0 Å². The minimum Gasteiger partial charge on any atom is -0.329 e. The summed E-state index contributed by atoms with van der Waals surface area (Å²) in [7, 11) is 0. The van der Waals surface area contributed by atoms with Gasteiger partial charge in [-0.15, -0.1) is 0 Å². The fraction of sp³-hybridized carbons (Fsp3) is 1.00. The summed E-state index contributed by atoms with van der Waals surface area (Å²) in [6, 6.07) is 0.845. The molecule has 2 rings (SSSR count). The molecule has 3 atom stereocenters. The van der Waals surface area contributed by atoms with Crippen molar-refractivity contribution < 1.29 is 0 Å². The Morgan fingerprint density at radius 1 is 1.18 bits per heavy atom. The summed E-state index contributed by atoms with van der Waals surface area (Å²) in [5.74, 6) is 0.972. The summed E-state index contributed by atoms with van der Waals surface area (Å²) in [5.41, 5.74) is 6.36. The van der Waals surface area contributed by atoms with Gasteiger partial charge in [-0.05, 0) is 51.5 Å². The first-order valence-electron chi connectivity index (χ1n) is 7.68. The Balaban J connectivity index is 2.11. The van der Waals surface area contributed by atoms with E-state index in [0.29, 0.717) is 0 Å². The number of hydrogen-bond donors (Lipinski definition) is 1. The molecule has 2 heteroatoms. The second kappa shape index (κ2) is 5.71. The van der Waals surface area contributed by atoms with Gasteiger partial charge in [-0.25, -0.2) is 0 Å². The lowest BCUT2D eigenvalue weighted by Crippen LogP contribution is -2.60. The van der Waals surface area contributed by atoms with Gasteiger partial charge in [0.15, 0.2) is 0 Å². The highest BCUT2D eigenvalue weighted by molar-refractivity contribution is 4.97. The Morgan fingerprint density at radius 3 is 2.59 bits per heavy atom. The molecule has 1 heterocycles. The van der Waals surface area contributed by atoms with Gasteiger partial charge in [0.25, 0.3) is 0 Å². The molecular weight excluding hydrogens is 208 g/mol. The van der Waals surface area contributed by atoms with Gasteiger partial charge in [0.1, 0.15) is 0 Å². The summed E-state index contributed by atoms with van der Waals surface area (Å²) in [4.78, 5) is 2.80. The van der Waals surface area contributed by atoms with Crippen molar-refractivity contribution in [3.8, 4) is 0 Å². The monoisotopic (exact) mass is 238 g/mol. The predicted molar refractivity (Wildman–Crippen MR) is 74.1 cm³/mol. The van der Waals surface area contributed by atoms with Crippen LogP contribution in [0, 0.1) is 5.92 Å². The van der Waals surface area contributed by atoms with E-state index >= 15 is 0 Å². The van der Waals surface area contributed by atoms with Crippen LogP contribution in [0.2, 0.25) is 0 Å². The van der Waals surface area contributed by atoms with Gasteiger partial charge in [-0.3, -0.25) is 4.90 Å². The molecule has 0 bridgehead atoms. The molecule has 1 aliphatic heterocycles. The Labute approximate surface area is 107 Å². The minimum absolute atomic E-state index is 0.259. The molecule has 0 radical (unpaired) electrons. The third kappa shape index (κ3) is 2.68. The van der Waals surface area contributed by atoms with Gasteiger partial charge < -0.3 is 5.73 Å². The van der Waals surface area contributed by atoms with Crippen LogP contribution in [0.5, 0.6) is 0 Å². The van der Waals surface area contributed by atoms with E-state index in [9.17, 15) is 0 Å². The van der Waals surface area contributed by atoms with E-state index in [2.05, 4.69) is 18.7 Å². The molecule has 1 saturated carbocycles. The number of hydrogen-bond acceptors (Lipinski definition) is 2. The van der Waals surface area contributed by atoms with Crippen LogP contribution in [0.4, 0.5) is 0 Å². The van der Waals surface area contributed by atoms with Crippen LogP contribution >= 0.6 is 0 Å². The second-order valence-corrected chi connectivity index (χ2v) is 6.40. The molecule has 0 amide bonds. The van der Waals surface area contributed by atoms with E-state index in [4.69, 9.17) is 5.73 Å². The molecule has 0 aromatic heterocycles. The minimum atomic E-state index is 0.259. The van der Waals surface area contributed by atoms with Crippen molar-refractivity contribution in [2.24, 2.45) is 11.7 Å². The van der Waals surface area contributed by atoms with Crippen molar-refractivity contribution >= 4 is 0 Å². The zero-order valence-corrected chi connectivity index (χ0v) is 11.8. The molecule has 0 spiro atoms. The molecule has 2 N–H and O–H groups in total. The lowest BCUT2D eigenvalue weighted by molar-refractivity contribution is -0.0214. The fourth-order valence-corrected chi connectivity index (χ4v) is 4.20. The van der Waals surface area contributed by atoms with Crippen molar-refractivity contribution in [1.29, 1.82) is 0 Å². The number of fused-ring (bicyclic) bond motifs is 1. The van der Waals surface area contributed by atoms with E-state index in [1.807, 2.05) is 0 Å². The molecule has 0 aromatic carbocycles. The Hall–Kier alpha value is -0.0800. The van der Waals surface area contributed by atoms with Crippen LogP contribution in [-0.2, 0) is 0 Å². The Kier molecular flexibility index (Phi) is 4.48. The highest BCUT2D eigenvalue weighted by atomic mass is 15.2. The zero-order valence-electron chi connectivity index (χ0n) is 11.8. The van der Waals surface area contributed by atoms with Crippen molar-refractivity contribution in [3.63, 3.8) is 0 Å². The summed E-state index contributed by atoms with van der Waals surface area (Å²) in [6.45, 7) is 6.79. The van der Waals surface area contributed by atoms with Gasteiger partial charge in [-0.1, -0.05) is 26.2 Å². The third-order valence-corrected chi connectivity index (χ3v) is 5.16. The molecule has 2 fully saturated rings. The first-order valence-corrected chi connectivity index (χ1v) is 7.68. The quantitative estimate of drug-likeness (QED) is 0.815. The van der Waals surface area contributed by atoms with E-state index in [1.54, 1.807) is 0 Å². The molecule has 17 heavy (non-hydrogen) atoms. The van der Waals surface area contributed by atoms with Crippen LogP contribution in [0.3, 0.4) is 0 Å². The van der Waals surface area contributed by atoms with Crippen molar-refractivity contribution in [2.75, 3.05) is 13.1 Å². The van der Waals surface area contributed by atoms with Gasteiger partial charge in [-0.2, -0.15) is 0 Å². The van der Waals surface area contributed by atoms with Crippen LogP contribution in [0.25, 0.3) is 0 Å². The van der Waals surface area contributed by atoms with E-state index < -0.39 is 0 Å². The first kappa shape index (κ1) is 13.4. The molecule has 1 unspecified atom stereocenters. The number of nitrogens with two attached hydrogens (primary N) is 1. The largest absolute Gasteiger partial charge is 0.329 e. The van der Waals surface area contributed by atoms with Crippen LogP contribution in [0.1, 0.15) is 65.2 Å². The number of nitrogens with zero attached hydrogens (tertiary/aromatic N) is 1. The topological polar surface area (TPSA) is 29.3 Å². The Bertz CT molecular complexity index is 239. The van der Waals surface area contributed by atoms with Crippen LogP contribution in [-0.4, -0.2) is 29.6 Å². The standard InChI is InChI=1S/C15H30N2/c1-3-10-15(2,12-16)17-11-6-8-13-7-4-5-9-14(13)17/h13-14H,3-12,16H2,1-2H3/t13-,14-,15?/m1/s1. The second-order valence-electron chi connectivity index (χ2n) is 6.40. The molecule has 2 nitrogen and oxygen atoms in total. The number of rotatable bonds is 4. The fourth-order valence-electron chi connectivity index (χ4n) is 4.20. The normalized spacial score (nSPS) is 34.1. The molecule has 1 saturated heterocycles. The smallest absolute Gasteiger partial charge is 0.0306 e.